The van der Waals surface area contributed by atoms with E-state index < -0.39 is 8.07 Å². The standard InChI is InChI=1S/C26H30OSi/c1-16-10-17(2)12-22(11-16)26-19(4)18(3)13-20-14-21(15-23(20)26)24-8-9-25(27-24)28(5,6)7/h8-13,15H,14H2,1-7H3. The first-order valence-corrected chi connectivity index (χ1v) is 13.7. The zero-order chi connectivity index (χ0) is 20.2. The molecular weight excluding hydrogens is 356 g/mol. The first kappa shape index (κ1) is 19.0. The van der Waals surface area contributed by atoms with Crippen LogP contribution in [-0.2, 0) is 6.42 Å². The van der Waals surface area contributed by atoms with Crippen LogP contribution in [0.4, 0.5) is 0 Å². The Labute approximate surface area is 170 Å². The fourth-order valence-electron chi connectivity index (χ4n) is 4.31. The fraction of sp³-hybridized carbons (Fsp3) is 0.308. The second kappa shape index (κ2) is 6.63. The van der Waals surface area contributed by atoms with Gasteiger partial charge in [0.25, 0.3) is 0 Å². The molecule has 2 heteroatoms. The second-order valence-electron chi connectivity index (χ2n) is 9.40. The molecule has 0 spiro atoms. The summed E-state index contributed by atoms with van der Waals surface area (Å²) < 4.78 is 6.30. The van der Waals surface area contributed by atoms with Crippen molar-refractivity contribution >= 4 is 25.1 Å². The SMILES string of the molecule is Cc1cc(C)cc(-c2c(C)c(C)cc3c2C=C(c2ccc([Si](C)(C)C)o2)C3)c1. The van der Waals surface area contributed by atoms with Gasteiger partial charge in [-0.15, -0.1) is 0 Å². The van der Waals surface area contributed by atoms with Crippen molar-refractivity contribution in [1.29, 1.82) is 0 Å². The lowest BCUT2D eigenvalue weighted by Gasteiger charge is -2.16. The Hall–Kier alpha value is -2.32. The predicted octanol–water partition coefficient (Wildman–Crippen LogP) is 6.82. The minimum Gasteiger partial charge on any atom is -0.467 e. The van der Waals surface area contributed by atoms with Gasteiger partial charge >= 0.3 is 0 Å². The normalized spacial score (nSPS) is 13.6. The molecule has 0 N–H and O–H groups in total. The predicted molar refractivity (Wildman–Crippen MR) is 124 cm³/mol. The maximum atomic E-state index is 6.30. The summed E-state index contributed by atoms with van der Waals surface area (Å²) in [5.41, 5.74) is 12.2. The summed E-state index contributed by atoms with van der Waals surface area (Å²) in [6.07, 6.45) is 3.31. The topological polar surface area (TPSA) is 13.1 Å². The molecule has 1 aromatic heterocycles. The number of hydrogen-bond donors (Lipinski definition) is 0. The van der Waals surface area contributed by atoms with Gasteiger partial charge in [-0.1, -0.05) is 55.0 Å². The minimum atomic E-state index is -1.43. The van der Waals surface area contributed by atoms with Gasteiger partial charge in [0.05, 0.1) is 5.38 Å². The molecule has 1 aliphatic carbocycles. The number of allylic oxidation sites excluding steroid dienone is 1. The molecule has 0 amide bonds. The lowest BCUT2D eigenvalue weighted by molar-refractivity contribution is 0.581. The second-order valence-corrected chi connectivity index (χ2v) is 14.4. The van der Waals surface area contributed by atoms with Gasteiger partial charge in [-0.05, 0) is 84.9 Å². The molecule has 0 aliphatic heterocycles. The molecular formula is C26H30OSi. The van der Waals surface area contributed by atoms with E-state index in [-0.39, 0.29) is 0 Å². The van der Waals surface area contributed by atoms with E-state index in [9.17, 15) is 0 Å². The summed E-state index contributed by atoms with van der Waals surface area (Å²) in [5.74, 6) is 1.04. The molecule has 0 saturated carbocycles. The highest BCUT2D eigenvalue weighted by molar-refractivity contribution is 6.87. The zero-order valence-corrected chi connectivity index (χ0v) is 19.2. The van der Waals surface area contributed by atoms with Crippen molar-refractivity contribution in [1.82, 2.24) is 0 Å². The van der Waals surface area contributed by atoms with E-state index in [2.05, 4.69) is 89.8 Å². The molecule has 0 saturated heterocycles. The van der Waals surface area contributed by atoms with Gasteiger partial charge in [0.15, 0.2) is 0 Å². The van der Waals surface area contributed by atoms with E-state index in [1.54, 1.807) is 0 Å². The zero-order valence-electron chi connectivity index (χ0n) is 18.2. The summed E-state index contributed by atoms with van der Waals surface area (Å²) in [4.78, 5) is 0. The van der Waals surface area contributed by atoms with Crippen LogP contribution in [0.15, 0.2) is 40.8 Å². The van der Waals surface area contributed by atoms with E-state index in [0.717, 1.165) is 12.2 Å². The van der Waals surface area contributed by atoms with Crippen molar-refractivity contribution in [2.45, 2.75) is 53.8 Å². The van der Waals surface area contributed by atoms with Gasteiger partial charge in [-0.2, -0.15) is 0 Å². The third kappa shape index (κ3) is 3.31. The van der Waals surface area contributed by atoms with Gasteiger partial charge < -0.3 is 4.42 Å². The first-order chi connectivity index (χ1) is 13.1. The van der Waals surface area contributed by atoms with Gasteiger partial charge in [-0.3, -0.25) is 0 Å². The third-order valence-corrected chi connectivity index (χ3v) is 7.59. The van der Waals surface area contributed by atoms with Crippen molar-refractivity contribution in [2.24, 2.45) is 0 Å². The molecule has 0 radical (unpaired) electrons. The van der Waals surface area contributed by atoms with Crippen LogP contribution in [0, 0.1) is 27.7 Å². The number of rotatable bonds is 3. The monoisotopic (exact) mass is 386 g/mol. The van der Waals surface area contributed by atoms with E-state index >= 15 is 0 Å². The number of aryl methyl sites for hydroxylation is 3. The highest BCUT2D eigenvalue weighted by Gasteiger charge is 2.25. The van der Waals surface area contributed by atoms with Crippen molar-refractivity contribution in [2.75, 3.05) is 0 Å². The van der Waals surface area contributed by atoms with E-state index in [4.69, 9.17) is 4.42 Å². The Morgan fingerprint density at radius 2 is 1.54 bits per heavy atom. The lowest BCUT2D eigenvalue weighted by atomic mass is 9.88. The minimum absolute atomic E-state index is 0.951. The van der Waals surface area contributed by atoms with E-state index in [0.29, 0.717) is 0 Å². The van der Waals surface area contributed by atoms with Crippen LogP contribution in [0.25, 0.3) is 22.8 Å². The summed E-state index contributed by atoms with van der Waals surface area (Å²) >= 11 is 0. The van der Waals surface area contributed by atoms with Crippen molar-refractivity contribution in [3.8, 4) is 11.1 Å². The Bertz CT molecular complexity index is 1090. The highest BCUT2D eigenvalue weighted by Crippen LogP contribution is 2.41. The average Bonchev–Trinajstić information content (AvgIpc) is 3.21. The summed E-state index contributed by atoms with van der Waals surface area (Å²) in [6, 6.07) is 13.6. The van der Waals surface area contributed by atoms with Crippen LogP contribution in [0.3, 0.4) is 0 Å². The molecule has 0 unspecified atom stereocenters. The highest BCUT2D eigenvalue weighted by atomic mass is 28.3. The Balaban J connectivity index is 1.86. The number of benzene rings is 2. The van der Waals surface area contributed by atoms with Crippen LogP contribution < -0.4 is 5.38 Å². The van der Waals surface area contributed by atoms with Crippen LogP contribution >= 0.6 is 0 Å². The van der Waals surface area contributed by atoms with Crippen molar-refractivity contribution in [3.05, 3.63) is 75.5 Å². The smallest absolute Gasteiger partial charge is 0.129 e. The van der Waals surface area contributed by atoms with Crippen LogP contribution in [-0.4, -0.2) is 8.07 Å². The van der Waals surface area contributed by atoms with E-state index in [1.807, 2.05) is 0 Å². The molecule has 144 valence electrons. The lowest BCUT2D eigenvalue weighted by Crippen LogP contribution is -2.36. The van der Waals surface area contributed by atoms with Crippen molar-refractivity contribution < 1.29 is 4.42 Å². The summed E-state index contributed by atoms with van der Waals surface area (Å²) in [5, 5.41) is 1.18. The molecule has 4 rings (SSSR count). The van der Waals surface area contributed by atoms with Crippen LogP contribution in [0.2, 0.25) is 19.6 Å². The van der Waals surface area contributed by atoms with Gasteiger partial charge in [-0.25, -0.2) is 0 Å². The summed E-state index contributed by atoms with van der Waals surface area (Å²) in [7, 11) is -1.43. The Morgan fingerprint density at radius 1 is 0.857 bits per heavy atom. The Morgan fingerprint density at radius 3 is 2.14 bits per heavy atom. The number of fused-ring (bicyclic) bond motifs is 1. The van der Waals surface area contributed by atoms with Crippen LogP contribution in [0.5, 0.6) is 0 Å². The maximum Gasteiger partial charge on any atom is 0.129 e. The molecule has 0 atom stereocenters. The van der Waals surface area contributed by atoms with Gasteiger partial charge in [0, 0.05) is 6.42 Å². The molecule has 1 nitrogen and oxygen atoms in total. The molecule has 1 aliphatic rings. The summed E-state index contributed by atoms with van der Waals surface area (Å²) in [6.45, 7) is 15.9. The maximum absolute atomic E-state index is 6.30. The molecule has 0 fully saturated rings. The average molecular weight is 387 g/mol. The van der Waals surface area contributed by atoms with Crippen LogP contribution in [0.1, 0.15) is 39.1 Å². The molecule has 1 heterocycles. The van der Waals surface area contributed by atoms with Gasteiger partial charge in [0.2, 0.25) is 0 Å². The van der Waals surface area contributed by atoms with Gasteiger partial charge in [0.1, 0.15) is 13.8 Å². The Kier molecular flexibility index (Phi) is 4.50. The number of furan rings is 1. The third-order valence-electron chi connectivity index (χ3n) is 5.84. The quantitative estimate of drug-likeness (QED) is 0.450. The van der Waals surface area contributed by atoms with Crippen molar-refractivity contribution in [3.63, 3.8) is 0 Å². The molecule has 3 aromatic rings. The number of hydrogen-bond acceptors (Lipinski definition) is 1. The van der Waals surface area contributed by atoms with E-state index in [1.165, 1.54) is 55.5 Å². The fourth-order valence-corrected chi connectivity index (χ4v) is 5.31. The largest absolute Gasteiger partial charge is 0.467 e. The molecule has 0 bridgehead atoms. The molecule has 28 heavy (non-hydrogen) atoms. The molecule has 2 aromatic carbocycles. The first-order valence-electron chi connectivity index (χ1n) is 10.2.